The summed E-state index contributed by atoms with van der Waals surface area (Å²) in [6.45, 7) is 5.57. The number of aryl methyl sites for hydroxylation is 1. The topological polar surface area (TPSA) is 43.1 Å². The van der Waals surface area contributed by atoms with Crippen LogP contribution in [0.1, 0.15) is 18.2 Å². The van der Waals surface area contributed by atoms with Gasteiger partial charge in [-0.1, -0.05) is 12.1 Å². The van der Waals surface area contributed by atoms with Crippen molar-refractivity contribution >= 4 is 10.8 Å². The lowest BCUT2D eigenvalue weighted by Crippen LogP contribution is -1.93. The summed E-state index contributed by atoms with van der Waals surface area (Å²) >= 11 is 0. The van der Waals surface area contributed by atoms with Gasteiger partial charge in [-0.3, -0.25) is 4.21 Å². The number of aromatic nitrogens is 1. The fourth-order valence-corrected chi connectivity index (χ4v) is 1.61. The van der Waals surface area contributed by atoms with Gasteiger partial charge in [0.1, 0.15) is 0 Å². The van der Waals surface area contributed by atoms with Crippen LogP contribution in [0.5, 0.6) is 0 Å². The molecule has 0 fully saturated rings. The summed E-state index contributed by atoms with van der Waals surface area (Å²) in [5.74, 6) is 0.579. The van der Waals surface area contributed by atoms with Crippen molar-refractivity contribution in [3.63, 3.8) is 0 Å². The monoisotopic (exact) mass is 173 g/mol. The van der Waals surface area contributed by atoms with Gasteiger partial charge in [-0.25, -0.2) is 0 Å². The Labute approximate surface area is 68.2 Å². The van der Waals surface area contributed by atoms with Gasteiger partial charge in [0.2, 0.25) is 5.09 Å². The third kappa shape index (κ3) is 1.50. The molecule has 0 saturated carbocycles. The van der Waals surface area contributed by atoms with Crippen LogP contribution >= 0.6 is 0 Å². The molecule has 1 rings (SSSR count). The molecule has 1 aromatic heterocycles. The molecule has 0 aliphatic carbocycles. The molecule has 11 heavy (non-hydrogen) atoms. The maximum atomic E-state index is 11.2. The van der Waals surface area contributed by atoms with Gasteiger partial charge in [-0.15, -0.1) is 0 Å². The van der Waals surface area contributed by atoms with Gasteiger partial charge in [0.25, 0.3) is 0 Å². The Morgan fingerprint density at radius 2 is 2.18 bits per heavy atom. The van der Waals surface area contributed by atoms with E-state index in [1.807, 2.05) is 20.8 Å². The lowest BCUT2D eigenvalue weighted by Gasteiger charge is -1.91. The second-order valence-corrected chi connectivity index (χ2v) is 3.95. The Kier molecular flexibility index (Phi) is 2.44. The maximum absolute atomic E-state index is 11.2. The number of nitrogens with zero attached hydrogens (tertiary/aromatic N) is 1. The molecule has 62 valence electrons. The van der Waals surface area contributed by atoms with E-state index >= 15 is 0 Å². The van der Waals surface area contributed by atoms with Crippen molar-refractivity contribution in [1.29, 1.82) is 0 Å². The van der Waals surface area contributed by atoms with Crippen LogP contribution < -0.4 is 0 Å². The van der Waals surface area contributed by atoms with Crippen molar-refractivity contribution < 1.29 is 8.73 Å². The lowest BCUT2D eigenvalue weighted by atomic mass is 10.3. The van der Waals surface area contributed by atoms with E-state index in [1.165, 1.54) is 0 Å². The van der Waals surface area contributed by atoms with Crippen LogP contribution in [0.2, 0.25) is 0 Å². The highest BCUT2D eigenvalue weighted by molar-refractivity contribution is 7.84. The molecular formula is C7H11NO2S. The number of hydrogen-bond donors (Lipinski definition) is 0. The van der Waals surface area contributed by atoms with Crippen LogP contribution in [-0.4, -0.2) is 15.1 Å². The maximum Gasteiger partial charge on any atom is 0.226 e. The summed E-state index contributed by atoms with van der Waals surface area (Å²) in [4.78, 5) is 0. The fourth-order valence-electron chi connectivity index (χ4n) is 0.738. The Hall–Kier alpha value is -0.640. The van der Waals surface area contributed by atoms with Gasteiger partial charge >= 0.3 is 0 Å². The van der Waals surface area contributed by atoms with Crippen molar-refractivity contribution in [1.82, 2.24) is 5.16 Å². The van der Waals surface area contributed by atoms with Gasteiger partial charge in [0, 0.05) is 11.3 Å². The molecule has 0 N–H and O–H groups in total. The third-order valence-corrected chi connectivity index (χ3v) is 2.90. The molecule has 1 aromatic rings. The highest BCUT2D eigenvalue weighted by Crippen LogP contribution is 2.15. The third-order valence-electron chi connectivity index (χ3n) is 1.58. The molecule has 0 radical (unpaired) electrons. The van der Waals surface area contributed by atoms with Crippen LogP contribution in [0.15, 0.2) is 9.62 Å². The molecule has 0 bridgehead atoms. The minimum absolute atomic E-state index is 0.519. The first-order chi connectivity index (χ1) is 5.16. The molecule has 1 unspecified atom stereocenters. The van der Waals surface area contributed by atoms with E-state index in [9.17, 15) is 4.21 Å². The highest BCUT2D eigenvalue weighted by atomic mass is 32.2. The van der Waals surface area contributed by atoms with Crippen molar-refractivity contribution in [2.45, 2.75) is 25.9 Å². The zero-order chi connectivity index (χ0) is 8.43. The molecular weight excluding hydrogens is 162 g/mol. The number of rotatable bonds is 2. The molecule has 1 heterocycles. The first-order valence-electron chi connectivity index (χ1n) is 3.48. The Balaban J connectivity index is 3.04. The summed E-state index contributed by atoms with van der Waals surface area (Å²) in [6.07, 6.45) is 0. The summed E-state index contributed by atoms with van der Waals surface area (Å²) in [6, 6.07) is 0. The van der Waals surface area contributed by atoms with Gasteiger partial charge in [-0.2, -0.15) is 0 Å². The van der Waals surface area contributed by atoms with Gasteiger partial charge in [-0.05, 0) is 13.8 Å². The first-order valence-corrected chi connectivity index (χ1v) is 4.80. The average molecular weight is 173 g/mol. The lowest BCUT2D eigenvalue weighted by molar-refractivity contribution is 0.341. The Morgan fingerprint density at radius 1 is 1.55 bits per heavy atom. The van der Waals surface area contributed by atoms with E-state index in [-0.39, 0.29) is 0 Å². The standard InChI is InChI=1S/C7H11NO2S/c1-4-11(9)7-5(2)6(3)8-10-7/h4H2,1-3H3. The minimum Gasteiger partial charge on any atom is -0.347 e. The van der Waals surface area contributed by atoms with Crippen molar-refractivity contribution in [2.75, 3.05) is 5.75 Å². The molecule has 0 aliphatic rings. The Morgan fingerprint density at radius 3 is 2.55 bits per heavy atom. The predicted octanol–water partition coefficient (Wildman–Crippen LogP) is 1.42. The van der Waals surface area contributed by atoms with E-state index < -0.39 is 10.8 Å². The van der Waals surface area contributed by atoms with Crippen LogP contribution in [-0.2, 0) is 10.8 Å². The first kappa shape index (κ1) is 8.46. The largest absolute Gasteiger partial charge is 0.347 e. The second kappa shape index (κ2) is 3.17. The van der Waals surface area contributed by atoms with Gasteiger partial charge in [0.15, 0.2) is 0 Å². The quantitative estimate of drug-likeness (QED) is 0.679. The SMILES string of the molecule is CCS(=O)c1onc(C)c1C. The van der Waals surface area contributed by atoms with Crippen molar-refractivity contribution in [3.8, 4) is 0 Å². The van der Waals surface area contributed by atoms with Gasteiger partial charge in [0.05, 0.1) is 16.5 Å². The van der Waals surface area contributed by atoms with Crippen LogP contribution in [0.25, 0.3) is 0 Å². The average Bonchev–Trinajstić information content (AvgIpc) is 2.32. The van der Waals surface area contributed by atoms with E-state index in [2.05, 4.69) is 5.16 Å². The van der Waals surface area contributed by atoms with Crippen molar-refractivity contribution in [2.24, 2.45) is 0 Å². The molecule has 0 aromatic carbocycles. The summed E-state index contributed by atoms with van der Waals surface area (Å²) < 4.78 is 16.1. The molecule has 0 saturated heterocycles. The second-order valence-electron chi connectivity index (χ2n) is 2.31. The van der Waals surface area contributed by atoms with E-state index in [0.717, 1.165) is 11.3 Å². The summed E-state index contributed by atoms with van der Waals surface area (Å²) in [7, 11) is -1.01. The number of hydrogen-bond acceptors (Lipinski definition) is 3. The van der Waals surface area contributed by atoms with Crippen molar-refractivity contribution in [3.05, 3.63) is 11.3 Å². The van der Waals surface area contributed by atoms with Crippen LogP contribution in [0.3, 0.4) is 0 Å². The zero-order valence-corrected chi connectivity index (χ0v) is 7.70. The summed E-state index contributed by atoms with van der Waals surface area (Å²) in [5, 5.41) is 4.24. The Bertz CT molecular complexity index is 280. The predicted molar refractivity (Wildman–Crippen MR) is 42.9 cm³/mol. The molecule has 0 spiro atoms. The molecule has 3 nitrogen and oxygen atoms in total. The normalized spacial score (nSPS) is 13.4. The van der Waals surface area contributed by atoms with E-state index in [0.29, 0.717) is 10.8 Å². The fraction of sp³-hybridized carbons (Fsp3) is 0.571. The van der Waals surface area contributed by atoms with Crippen LogP contribution in [0, 0.1) is 13.8 Å². The van der Waals surface area contributed by atoms with Gasteiger partial charge < -0.3 is 4.52 Å². The highest BCUT2D eigenvalue weighted by Gasteiger charge is 2.12. The molecule has 1 atom stereocenters. The smallest absolute Gasteiger partial charge is 0.226 e. The van der Waals surface area contributed by atoms with E-state index in [1.54, 1.807) is 0 Å². The minimum atomic E-state index is -1.01. The molecule has 4 heteroatoms. The zero-order valence-electron chi connectivity index (χ0n) is 6.88. The van der Waals surface area contributed by atoms with E-state index in [4.69, 9.17) is 4.52 Å². The molecule has 0 aliphatic heterocycles. The summed E-state index contributed by atoms with van der Waals surface area (Å²) in [5.41, 5.74) is 1.73. The molecule has 0 amide bonds. The van der Waals surface area contributed by atoms with Crippen LogP contribution in [0.4, 0.5) is 0 Å².